The van der Waals surface area contributed by atoms with Gasteiger partial charge in [-0.05, 0) is 73.4 Å². The minimum atomic E-state index is -0.369. The number of carbonyl (C=O) groups excluding carboxylic acids is 2. The smallest absolute Gasteiger partial charge is 0.257 e. The Bertz CT molecular complexity index is 1550. The molecule has 3 aromatic carbocycles. The summed E-state index contributed by atoms with van der Waals surface area (Å²) in [6.07, 6.45) is 5.58. The summed E-state index contributed by atoms with van der Waals surface area (Å²) in [6.45, 7) is 0.386. The molecule has 1 aliphatic carbocycles. The molecule has 1 aromatic heterocycles. The first-order valence-electron chi connectivity index (χ1n) is 13.3. The van der Waals surface area contributed by atoms with E-state index < -0.39 is 0 Å². The van der Waals surface area contributed by atoms with Crippen molar-refractivity contribution in [3.05, 3.63) is 89.2 Å². The molecule has 0 radical (unpaired) electrons. The number of hydrogen-bond donors (Lipinski definition) is 1. The summed E-state index contributed by atoms with van der Waals surface area (Å²) in [5.41, 5.74) is 3.55. The molecule has 39 heavy (non-hydrogen) atoms. The Morgan fingerprint density at radius 1 is 1.08 bits per heavy atom. The third-order valence-corrected chi connectivity index (χ3v) is 7.47. The van der Waals surface area contributed by atoms with E-state index in [4.69, 9.17) is 10.2 Å². The van der Waals surface area contributed by atoms with Gasteiger partial charge < -0.3 is 9.47 Å². The molecular weight excluding hydrogens is 493 g/mol. The van der Waals surface area contributed by atoms with Crippen LogP contribution in [0.5, 0.6) is 0 Å². The third kappa shape index (κ3) is 5.68. The van der Waals surface area contributed by atoms with Crippen molar-refractivity contribution in [2.75, 3.05) is 17.3 Å². The van der Waals surface area contributed by atoms with Crippen LogP contribution in [0.2, 0.25) is 0 Å². The molecule has 2 amide bonds. The van der Waals surface area contributed by atoms with Crippen LogP contribution in [0.25, 0.3) is 11.0 Å². The second-order valence-electron chi connectivity index (χ2n) is 9.98. The molecule has 5 rings (SSSR count). The minimum Gasteiger partial charge on any atom is -0.315 e. The quantitative estimate of drug-likeness (QED) is 0.318. The maximum absolute atomic E-state index is 14.3. The first-order valence-corrected chi connectivity index (χ1v) is 13.3. The Labute approximate surface area is 226 Å². The van der Waals surface area contributed by atoms with Gasteiger partial charge in [0.15, 0.2) is 0 Å². The summed E-state index contributed by atoms with van der Waals surface area (Å²) in [6, 6.07) is 20.6. The van der Waals surface area contributed by atoms with Gasteiger partial charge in [-0.15, -0.1) is 0 Å². The van der Waals surface area contributed by atoms with E-state index in [-0.39, 0.29) is 23.5 Å². The highest BCUT2D eigenvalue weighted by Crippen LogP contribution is 2.30. The normalized spacial score (nSPS) is 13.7. The van der Waals surface area contributed by atoms with E-state index in [1.54, 1.807) is 54.4 Å². The topological polar surface area (TPSA) is 91.0 Å². The molecule has 0 atom stereocenters. The number of halogens is 1. The van der Waals surface area contributed by atoms with Gasteiger partial charge in [-0.2, -0.15) is 5.26 Å². The highest BCUT2D eigenvalue weighted by atomic mass is 19.1. The fourth-order valence-electron chi connectivity index (χ4n) is 5.20. The number of fused-ring (bicyclic) bond motifs is 1. The van der Waals surface area contributed by atoms with Gasteiger partial charge in [-0.25, -0.2) is 9.37 Å². The second-order valence-corrected chi connectivity index (χ2v) is 9.98. The summed E-state index contributed by atoms with van der Waals surface area (Å²) in [5.74, 6) is -0.168. The number of aryl methyl sites for hydroxylation is 2. The van der Waals surface area contributed by atoms with Crippen molar-refractivity contribution in [3.8, 4) is 6.07 Å². The second kappa shape index (κ2) is 11.5. The van der Waals surface area contributed by atoms with Crippen LogP contribution in [0.3, 0.4) is 0 Å². The van der Waals surface area contributed by atoms with Gasteiger partial charge in [0.1, 0.15) is 5.82 Å². The van der Waals surface area contributed by atoms with Crippen LogP contribution in [0.1, 0.15) is 53.6 Å². The van der Waals surface area contributed by atoms with Crippen LogP contribution >= 0.6 is 0 Å². The number of nitriles is 1. The van der Waals surface area contributed by atoms with Crippen LogP contribution in [0.15, 0.2) is 66.7 Å². The van der Waals surface area contributed by atoms with E-state index in [0.717, 1.165) is 36.9 Å². The Balaban J connectivity index is 1.46. The molecule has 0 spiro atoms. The maximum atomic E-state index is 14.3. The van der Waals surface area contributed by atoms with Crippen molar-refractivity contribution in [2.45, 2.75) is 45.1 Å². The molecule has 1 saturated carbocycles. The summed E-state index contributed by atoms with van der Waals surface area (Å²) < 4.78 is 16.2. The largest absolute Gasteiger partial charge is 0.315 e. The van der Waals surface area contributed by atoms with Crippen LogP contribution in [-0.4, -0.2) is 28.4 Å². The highest BCUT2D eigenvalue weighted by molar-refractivity contribution is 6.04. The first kappa shape index (κ1) is 26.1. The monoisotopic (exact) mass is 523 g/mol. The molecule has 0 saturated heterocycles. The lowest BCUT2D eigenvalue weighted by atomic mass is 9.88. The Kier molecular flexibility index (Phi) is 7.69. The molecule has 1 heterocycles. The standard InChI is InChI=1S/C31H30FN5O2/c1-36(30(39)24-8-3-2-4-9-24)25-15-16-28-27(19-25)34-31(35-29(38)23-13-11-21(20-33)12-14-23)37(28)18-17-22-7-5-6-10-26(22)32/h5-7,10-16,19,24H,2-4,8-9,17-18H2,1H3,(H,34,35,38). The number of amides is 2. The predicted octanol–water partition coefficient (Wildman–Crippen LogP) is 6.09. The summed E-state index contributed by atoms with van der Waals surface area (Å²) in [5, 5.41) is 11.9. The molecule has 0 aliphatic heterocycles. The minimum absolute atomic E-state index is 0.0417. The molecule has 198 valence electrons. The van der Waals surface area contributed by atoms with Crippen LogP contribution in [-0.2, 0) is 17.8 Å². The molecule has 8 heteroatoms. The van der Waals surface area contributed by atoms with Crippen molar-refractivity contribution >= 4 is 34.5 Å². The van der Waals surface area contributed by atoms with Crippen molar-refractivity contribution in [3.63, 3.8) is 0 Å². The number of rotatable bonds is 7. The summed E-state index contributed by atoms with van der Waals surface area (Å²) >= 11 is 0. The molecule has 4 aromatic rings. The van der Waals surface area contributed by atoms with E-state index in [1.807, 2.05) is 28.8 Å². The lowest BCUT2D eigenvalue weighted by molar-refractivity contribution is -0.123. The molecule has 1 fully saturated rings. The fraction of sp³-hybridized carbons (Fsp3) is 0.290. The first-order chi connectivity index (χ1) is 18.9. The van der Waals surface area contributed by atoms with Gasteiger partial charge in [0.05, 0.1) is 22.7 Å². The Morgan fingerprint density at radius 2 is 1.82 bits per heavy atom. The maximum Gasteiger partial charge on any atom is 0.257 e. The predicted molar refractivity (Wildman–Crippen MR) is 149 cm³/mol. The lowest BCUT2D eigenvalue weighted by Crippen LogP contribution is -2.33. The Morgan fingerprint density at radius 3 is 2.54 bits per heavy atom. The zero-order valence-electron chi connectivity index (χ0n) is 21.9. The molecular formula is C31H30FN5O2. The molecule has 1 N–H and O–H groups in total. The number of imidazole rings is 1. The van der Waals surface area contributed by atoms with E-state index >= 15 is 0 Å². The zero-order chi connectivity index (χ0) is 27.4. The van der Waals surface area contributed by atoms with Crippen LogP contribution in [0, 0.1) is 23.1 Å². The van der Waals surface area contributed by atoms with E-state index in [0.29, 0.717) is 41.1 Å². The third-order valence-electron chi connectivity index (χ3n) is 7.47. The number of aromatic nitrogens is 2. The molecule has 1 aliphatic rings. The number of benzene rings is 3. The number of carbonyl (C=O) groups is 2. The van der Waals surface area contributed by atoms with Crippen LogP contribution in [0.4, 0.5) is 16.0 Å². The molecule has 0 unspecified atom stereocenters. The average Bonchev–Trinajstić information content (AvgIpc) is 3.32. The lowest BCUT2D eigenvalue weighted by Gasteiger charge is -2.26. The van der Waals surface area contributed by atoms with Crippen molar-refractivity contribution in [1.82, 2.24) is 9.55 Å². The number of nitrogens with one attached hydrogen (secondary N) is 1. The number of hydrogen-bond acceptors (Lipinski definition) is 4. The van der Waals surface area contributed by atoms with Gasteiger partial charge >= 0.3 is 0 Å². The van der Waals surface area contributed by atoms with Gasteiger partial charge in [0.2, 0.25) is 11.9 Å². The zero-order valence-corrected chi connectivity index (χ0v) is 21.9. The number of anilines is 2. The van der Waals surface area contributed by atoms with E-state index in [1.165, 1.54) is 12.5 Å². The van der Waals surface area contributed by atoms with Gasteiger partial charge in [-0.1, -0.05) is 37.5 Å². The number of nitrogens with zero attached hydrogens (tertiary/aromatic N) is 4. The SMILES string of the molecule is CN(C(=O)C1CCCCC1)c1ccc2c(c1)nc(NC(=O)c1ccc(C#N)cc1)n2CCc1ccccc1F. The van der Waals surface area contributed by atoms with Crippen LogP contribution < -0.4 is 10.2 Å². The van der Waals surface area contributed by atoms with Gasteiger partial charge in [0.25, 0.3) is 5.91 Å². The average molecular weight is 524 g/mol. The summed E-state index contributed by atoms with van der Waals surface area (Å²) in [7, 11) is 1.79. The van der Waals surface area contributed by atoms with Crippen molar-refractivity contribution in [1.29, 1.82) is 5.26 Å². The highest BCUT2D eigenvalue weighted by Gasteiger charge is 2.25. The van der Waals surface area contributed by atoms with E-state index in [9.17, 15) is 14.0 Å². The fourth-order valence-corrected chi connectivity index (χ4v) is 5.20. The summed E-state index contributed by atoms with van der Waals surface area (Å²) in [4.78, 5) is 32.6. The van der Waals surface area contributed by atoms with E-state index in [2.05, 4.69) is 5.32 Å². The van der Waals surface area contributed by atoms with Crippen molar-refractivity contribution < 1.29 is 14.0 Å². The van der Waals surface area contributed by atoms with Gasteiger partial charge in [0, 0.05) is 30.8 Å². The molecule has 7 nitrogen and oxygen atoms in total. The Hall–Kier alpha value is -4.51. The van der Waals surface area contributed by atoms with Gasteiger partial charge in [-0.3, -0.25) is 14.9 Å². The molecule has 0 bridgehead atoms. The van der Waals surface area contributed by atoms with Crippen molar-refractivity contribution in [2.24, 2.45) is 5.92 Å².